The van der Waals surface area contributed by atoms with Crippen LogP contribution >= 0.6 is 0 Å². The molecule has 1 aromatic rings. The normalized spacial score (nSPS) is 21.4. The minimum absolute atomic E-state index is 0.451. The van der Waals surface area contributed by atoms with Crippen molar-refractivity contribution < 1.29 is 0 Å². The van der Waals surface area contributed by atoms with Crippen molar-refractivity contribution in [2.75, 3.05) is 31.6 Å². The topological polar surface area (TPSA) is 30.3 Å². The van der Waals surface area contributed by atoms with E-state index in [4.69, 9.17) is 0 Å². The van der Waals surface area contributed by atoms with Gasteiger partial charge in [0, 0.05) is 19.1 Å². The van der Waals surface area contributed by atoms with Crippen molar-refractivity contribution in [3.63, 3.8) is 0 Å². The predicted molar refractivity (Wildman–Crippen MR) is 74.8 cm³/mol. The zero-order valence-electron chi connectivity index (χ0n) is 11.5. The number of nitrogens with zero attached hydrogens (tertiary/aromatic N) is 3. The molecule has 0 amide bonds. The zero-order chi connectivity index (χ0) is 13.1. The van der Waals surface area contributed by atoms with Crippen LogP contribution in [0.3, 0.4) is 0 Å². The van der Waals surface area contributed by atoms with Crippen LogP contribution in [-0.4, -0.2) is 37.6 Å². The fourth-order valence-electron chi connectivity index (χ4n) is 2.72. The molecule has 96 valence electrons. The van der Waals surface area contributed by atoms with Crippen LogP contribution in [0.5, 0.6) is 0 Å². The van der Waals surface area contributed by atoms with Gasteiger partial charge in [0.15, 0.2) is 0 Å². The summed E-state index contributed by atoms with van der Waals surface area (Å²) in [6.45, 7) is 7.49. The van der Waals surface area contributed by atoms with Crippen molar-refractivity contribution in [3.8, 4) is 6.07 Å². The van der Waals surface area contributed by atoms with Gasteiger partial charge in [-0.2, -0.15) is 5.26 Å². The number of aryl methyl sites for hydroxylation is 1. The molecule has 1 aliphatic heterocycles. The van der Waals surface area contributed by atoms with Crippen molar-refractivity contribution >= 4 is 5.69 Å². The van der Waals surface area contributed by atoms with Gasteiger partial charge in [0.05, 0.1) is 11.3 Å². The Morgan fingerprint density at radius 3 is 2.83 bits per heavy atom. The number of likely N-dealkylation sites (N-methyl/N-ethyl adjacent to an activating group) is 1. The summed E-state index contributed by atoms with van der Waals surface area (Å²) in [5.41, 5.74) is 3.03. The van der Waals surface area contributed by atoms with Gasteiger partial charge in [0.25, 0.3) is 0 Å². The second-order valence-electron chi connectivity index (χ2n) is 5.29. The van der Waals surface area contributed by atoms with Crippen LogP contribution in [-0.2, 0) is 0 Å². The van der Waals surface area contributed by atoms with E-state index in [0.29, 0.717) is 6.04 Å². The number of anilines is 1. The molecule has 1 heterocycles. The van der Waals surface area contributed by atoms with Crippen LogP contribution < -0.4 is 4.90 Å². The fraction of sp³-hybridized carbons (Fsp3) is 0.533. The Balaban J connectivity index is 2.32. The molecule has 1 saturated heterocycles. The van der Waals surface area contributed by atoms with E-state index in [0.717, 1.165) is 42.9 Å². The molecule has 1 atom stereocenters. The molecule has 1 aliphatic rings. The molecule has 0 aromatic heterocycles. The largest absolute Gasteiger partial charge is 0.366 e. The maximum absolute atomic E-state index is 9.30. The van der Waals surface area contributed by atoms with Gasteiger partial charge >= 0.3 is 0 Å². The first-order valence-corrected chi connectivity index (χ1v) is 6.57. The second kappa shape index (κ2) is 5.41. The Kier molecular flexibility index (Phi) is 3.88. The monoisotopic (exact) mass is 243 g/mol. The van der Waals surface area contributed by atoms with Crippen LogP contribution in [0.2, 0.25) is 0 Å². The lowest BCUT2D eigenvalue weighted by atomic mass is 10.1. The van der Waals surface area contributed by atoms with Crippen molar-refractivity contribution in [2.24, 2.45) is 0 Å². The maximum atomic E-state index is 9.30. The average molecular weight is 243 g/mol. The molecule has 18 heavy (non-hydrogen) atoms. The molecule has 0 saturated carbocycles. The van der Waals surface area contributed by atoms with Crippen LogP contribution in [0.1, 0.15) is 24.5 Å². The molecule has 0 radical (unpaired) electrons. The van der Waals surface area contributed by atoms with E-state index in [1.165, 1.54) is 0 Å². The van der Waals surface area contributed by atoms with E-state index in [2.05, 4.69) is 42.0 Å². The minimum Gasteiger partial charge on any atom is -0.366 e. The first-order chi connectivity index (χ1) is 8.61. The highest BCUT2D eigenvalue weighted by molar-refractivity contribution is 5.61. The van der Waals surface area contributed by atoms with Crippen LogP contribution in [0.25, 0.3) is 0 Å². The Labute approximate surface area is 110 Å². The Morgan fingerprint density at radius 1 is 1.33 bits per heavy atom. The highest BCUT2D eigenvalue weighted by atomic mass is 15.2. The van der Waals surface area contributed by atoms with Crippen molar-refractivity contribution in [1.82, 2.24) is 4.90 Å². The number of hydrogen-bond donors (Lipinski definition) is 0. The summed E-state index contributed by atoms with van der Waals surface area (Å²) in [6, 6.07) is 8.95. The quantitative estimate of drug-likeness (QED) is 0.758. The van der Waals surface area contributed by atoms with Gasteiger partial charge in [0.1, 0.15) is 6.07 Å². The van der Waals surface area contributed by atoms with E-state index >= 15 is 0 Å². The third-order valence-corrected chi connectivity index (χ3v) is 3.63. The van der Waals surface area contributed by atoms with Crippen LogP contribution in [0, 0.1) is 18.3 Å². The molecule has 1 aromatic carbocycles. The summed E-state index contributed by atoms with van der Waals surface area (Å²) in [7, 11) is 2.17. The number of hydrogen-bond acceptors (Lipinski definition) is 3. The Morgan fingerprint density at radius 2 is 2.11 bits per heavy atom. The molecule has 0 N–H and O–H groups in total. The molecular weight excluding hydrogens is 222 g/mol. The summed E-state index contributed by atoms with van der Waals surface area (Å²) < 4.78 is 0. The third kappa shape index (κ3) is 2.65. The molecule has 3 heteroatoms. The van der Waals surface area contributed by atoms with Crippen LogP contribution in [0.4, 0.5) is 5.69 Å². The maximum Gasteiger partial charge on any atom is 0.101 e. The number of benzene rings is 1. The van der Waals surface area contributed by atoms with Crippen LogP contribution in [0.15, 0.2) is 18.2 Å². The highest BCUT2D eigenvalue weighted by Gasteiger charge is 2.21. The molecule has 3 nitrogen and oxygen atoms in total. The van der Waals surface area contributed by atoms with Gasteiger partial charge < -0.3 is 9.80 Å². The molecule has 1 unspecified atom stereocenters. The first kappa shape index (κ1) is 12.9. The predicted octanol–water partition coefficient (Wildman–Crippen LogP) is 2.40. The van der Waals surface area contributed by atoms with Gasteiger partial charge in [-0.05, 0) is 51.6 Å². The van der Waals surface area contributed by atoms with Gasteiger partial charge in [-0.25, -0.2) is 0 Å². The summed E-state index contributed by atoms with van der Waals surface area (Å²) in [4.78, 5) is 4.74. The van der Waals surface area contributed by atoms with E-state index in [-0.39, 0.29) is 0 Å². The van der Waals surface area contributed by atoms with E-state index < -0.39 is 0 Å². The lowest BCUT2D eigenvalue weighted by molar-refractivity contribution is 0.337. The fourth-order valence-corrected chi connectivity index (χ4v) is 2.72. The Hall–Kier alpha value is -1.53. The van der Waals surface area contributed by atoms with Gasteiger partial charge in [0.2, 0.25) is 0 Å². The molecule has 0 bridgehead atoms. The highest BCUT2D eigenvalue weighted by Crippen LogP contribution is 2.25. The minimum atomic E-state index is 0.451. The first-order valence-electron chi connectivity index (χ1n) is 6.57. The molecule has 1 fully saturated rings. The Bertz CT molecular complexity index is 461. The summed E-state index contributed by atoms with van der Waals surface area (Å²) in [5, 5.41) is 9.30. The summed E-state index contributed by atoms with van der Waals surface area (Å²) >= 11 is 0. The van der Waals surface area contributed by atoms with Crippen molar-refractivity contribution in [2.45, 2.75) is 26.3 Å². The van der Waals surface area contributed by atoms with E-state index in [9.17, 15) is 5.26 Å². The zero-order valence-corrected chi connectivity index (χ0v) is 11.5. The third-order valence-electron chi connectivity index (χ3n) is 3.63. The molecule has 2 rings (SSSR count). The summed E-state index contributed by atoms with van der Waals surface area (Å²) in [6.07, 6.45) is 1.15. The smallest absolute Gasteiger partial charge is 0.101 e. The SMILES string of the molecule is Cc1ccc(N2CCCN(C)CC2C)c(C#N)c1. The number of nitriles is 1. The standard InChI is InChI=1S/C15H21N3/c1-12-5-6-15(14(9-12)10-16)18-8-4-7-17(3)11-13(18)2/h5-6,9,13H,4,7-8,11H2,1-3H3. The van der Waals surface area contributed by atoms with Crippen molar-refractivity contribution in [1.29, 1.82) is 5.26 Å². The summed E-state index contributed by atoms with van der Waals surface area (Å²) in [5.74, 6) is 0. The van der Waals surface area contributed by atoms with E-state index in [1.54, 1.807) is 0 Å². The van der Waals surface area contributed by atoms with Gasteiger partial charge in [-0.3, -0.25) is 0 Å². The van der Waals surface area contributed by atoms with Crippen molar-refractivity contribution in [3.05, 3.63) is 29.3 Å². The second-order valence-corrected chi connectivity index (χ2v) is 5.29. The lowest BCUT2D eigenvalue weighted by Gasteiger charge is -2.31. The van der Waals surface area contributed by atoms with E-state index in [1.807, 2.05) is 13.0 Å². The average Bonchev–Trinajstić information content (AvgIpc) is 2.50. The molecule has 0 spiro atoms. The van der Waals surface area contributed by atoms with Gasteiger partial charge in [-0.15, -0.1) is 0 Å². The van der Waals surface area contributed by atoms with Gasteiger partial charge in [-0.1, -0.05) is 6.07 Å². The molecular formula is C15H21N3. The molecule has 0 aliphatic carbocycles. The number of rotatable bonds is 1. The lowest BCUT2D eigenvalue weighted by Crippen LogP contribution is -2.38.